The van der Waals surface area contributed by atoms with Gasteiger partial charge in [0.2, 0.25) is 0 Å². The van der Waals surface area contributed by atoms with Crippen LogP contribution in [0.2, 0.25) is 0 Å². The molecule has 1 aromatic rings. The minimum atomic E-state index is -0.477. The second-order valence-electron chi connectivity index (χ2n) is 11.5. The van der Waals surface area contributed by atoms with Crippen LogP contribution in [0, 0.1) is 16.6 Å². The van der Waals surface area contributed by atoms with Crippen molar-refractivity contribution in [2.75, 3.05) is 6.61 Å². The maximum absolute atomic E-state index is 16.5. The van der Waals surface area contributed by atoms with Gasteiger partial charge in [0.05, 0.1) is 12.3 Å². The lowest BCUT2D eigenvalue weighted by atomic mass is 9.82. The van der Waals surface area contributed by atoms with Gasteiger partial charge in [0.15, 0.2) is 11.7 Å². The average Bonchev–Trinajstić information content (AvgIpc) is 3.68. The van der Waals surface area contributed by atoms with Gasteiger partial charge in [-0.2, -0.15) is 0 Å². The molecule has 0 bridgehead atoms. The zero-order chi connectivity index (χ0) is 30.8. The molecule has 1 aliphatic rings. The topological polar surface area (TPSA) is 45.4 Å². The molecular weight excluding hydrogens is 495 g/mol. The summed E-state index contributed by atoms with van der Waals surface area (Å²) in [6.07, 6.45) is 9.95. The number of unbranched alkanes of at least 4 members (excludes halogenated alkanes) is 1. The van der Waals surface area contributed by atoms with Gasteiger partial charge in [0.1, 0.15) is 5.69 Å². The summed E-state index contributed by atoms with van der Waals surface area (Å²) in [5.41, 5.74) is 8.41. The van der Waals surface area contributed by atoms with Crippen LogP contribution in [0.25, 0.3) is 6.08 Å². The summed E-state index contributed by atoms with van der Waals surface area (Å²) in [6, 6.07) is 0. The Morgan fingerprint density at radius 3 is 1.93 bits per heavy atom. The van der Waals surface area contributed by atoms with E-state index in [1.165, 1.54) is 12.8 Å². The standard InChI is InChI=1S/C32H45FN2O.C4H10/c1-12-20(7)22(9)27(21(8)19(5)6)30(34)28-25(14-3)24(13-2)26(15-4)31(29(28)33)35-23(10)36-18-32(11)16-17-32;1-3-4-2/h12,15,34H,4,13-14,16-18H2,1-3,5-11H3;3-4H2,1-2H3/b20-12-,27-22-,34-30?,35-23?;. The van der Waals surface area contributed by atoms with Crippen LogP contribution in [0.1, 0.15) is 131 Å². The van der Waals surface area contributed by atoms with E-state index in [1.54, 1.807) is 13.0 Å². The smallest absolute Gasteiger partial charge is 0.185 e. The molecule has 1 aromatic carbocycles. The lowest BCUT2D eigenvalue weighted by Crippen LogP contribution is -2.16. The van der Waals surface area contributed by atoms with Gasteiger partial charge in [-0.1, -0.05) is 77.3 Å². The quantitative estimate of drug-likeness (QED) is 0.166. The SMILES string of the molecule is C=Cc1c(CC)c(CC)c(C(=N)/C(C(C)=C(C)C)=C(C)\C(C)=C/C)c(F)c1N=C(C)OCC1(C)CC1.CCCC. The number of nitrogens with zero attached hydrogens (tertiary/aromatic N) is 1. The van der Waals surface area contributed by atoms with Crippen molar-refractivity contribution in [1.29, 1.82) is 5.41 Å². The molecule has 0 saturated heterocycles. The highest BCUT2D eigenvalue weighted by molar-refractivity contribution is 6.16. The highest BCUT2D eigenvalue weighted by atomic mass is 19.1. The van der Waals surface area contributed by atoms with Crippen LogP contribution in [0.5, 0.6) is 0 Å². The van der Waals surface area contributed by atoms with E-state index in [-0.39, 0.29) is 16.8 Å². The maximum Gasteiger partial charge on any atom is 0.185 e. The Kier molecular flexibility index (Phi) is 14.0. The number of nitrogens with one attached hydrogen (secondary N) is 1. The van der Waals surface area contributed by atoms with Gasteiger partial charge >= 0.3 is 0 Å². The number of benzene rings is 1. The predicted octanol–water partition coefficient (Wildman–Crippen LogP) is 11.3. The normalized spacial score (nSPS) is 15.0. The van der Waals surface area contributed by atoms with Crippen molar-refractivity contribution in [3.8, 4) is 0 Å². The molecule has 4 heteroatoms. The van der Waals surface area contributed by atoms with Crippen LogP contribution in [0.3, 0.4) is 0 Å². The molecule has 0 unspecified atom stereocenters. The third-order valence-electron chi connectivity index (χ3n) is 8.11. The second-order valence-corrected chi connectivity index (χ2v) is 11.5. The minimum absolute atomic E-state index is 0.201. The van der Waals surface area contributed by atoms with Gasteiger partial charge in [-0.25, -0.2) is 9.38 Å². The third-order valence-corrected chi connectivity index (χ3v) is 8.11. The van der Waals surface area contributed by atoms with Crippen LogP contribution >= 0.6 is 0 Å². The van der Waals surface area contributed by atoms with Gasteiger partial charge in [-0.05, 0) is 89.5 Å². The largest absolute Gasteiger partial charge is 0.480 e. The highest BCUT2D eigenvalue weighted by Gasteiger charge is 2.38. The Bertz CT molecular complexity index is 1200. The van der Waals surface area contributed by atoms with E-state index in [2.05, 4.69) is 39.3 Å². The molecule has 0 aromatic heterocycles. The Balaban J connectivity index is 0.00000187. The van der Waals surface area contributed by atoms with E-state index in [0.717, 1.165) is 51.8 Å². The van der Waals surface area contributed by atoms with Crippen molar-refractivity contribution in [2.24, 2.45) is 10.4 Å². The summed E-state index contributed by atoms with van der Waals surface area (Å²) in [5.74, 6) is -0.0411. The lowest BCUT2D eigenvalue weighted by Gasteiger charge is -2.23. The fourth-order valence-electron chi connectivity index (χ4n) is 4.48. The first-order valence-corrected chi connectivity index (χ1v) is 15.0. The molecule has 1 N–H and O–H groups in total. The number of halogens is 1. The van der Waals surface area contributed by atoms with E-state index < -0.39 is 5.82 Å². The Morgan fingerprint density at radius 2 is 1.52 bits per heavy atom. The third kappa shape index (κ3) is 8.62. The Hall–Kier alpha value is -2.75. The van der Waals surface area contributed by atoms with Crippen molar-refractivity contribution >= 4 is 23.4 Å². The summed E-state index contributed by atoms with van der Waals surface area (Å²) in [6.45, 7) is 29.1. The molecule has 0 aliphatic heterocycles. The minimum Gasteiger partial charge on any atom is -0.480 e. The van der Waals surface area contributed by atoms with Gasteiger partial charge in [-0.15, -0.1) is 0 Å². The van der Waals surface area contributed by atoms with Crippen molar-refractivity contribution in [1.82, 2.24) is 0 Å². The number of hydrogen-bond donors (Lipinski definition) is 1. The number of aliphatic imine (C=N–C) groups is 1. The molecular formula is C36H55FN2O. The molecule has 222 valence electrons. The summed E-state index contributed by atoms with van der Waals surface area (Å²) in [4.78, 5) is 4.63. The molecule has 0 heterocycles. The first-order chi connectivity index (χ1) is 18.8. The van der Waals surface area contributed by atoms with Crippen LogP contribution < -0.4 is 0 Å². The fraction of sp³-hybridized carbons (Fsp3) is 0.556. The Labute approximate surface area is 244 Å². The number of ether oxygens (including phenoxy) is 1. The van der Waals surface area contributed by atoms with Crippen LogP contribution in [-0.4, -0.2) is 18.2 Å². The number of allylic oxidation sites excluding steroid dienone is 6. The summed E-state index contributed by atoms with van der Waals surface area (Å²) < 4.78 is 22.5. The zero-order valence-electron chi connectivity index (χ0n) is 27.5. The molecule has 1 fully saturated rings. The summed E-state index contributed by atoms with van der Waals surface area (Å²) in [7, 11) is 0. The first-order valence-electron chi connectivity index (χ1n) is 15.0. The zero-order valence-corrected chi connectivity index (χ0v) is 27.5. The van der Waals surface area contributed by atoms with E-state index >= 15 is 4.39 Å². The van der Waals surface area contributed by atoms with E-state index in [9.17, 15) is 5.41 Å². The fourth-order valence-corrected chi connectivity index (χ4v) is 4.48. The molecule has 2 rings (SSSR count). The van der Waals surface area contributed by atoms with E-state index in [1.807, 2.05) is 54.5 Å². The van der Waals surface area contributed by atoms with Gasteiger partial charge < -0.3 is 4.74 Å². The van der Waals surface area contributed by atoms with Gasteiger partial charge in [0, 0.05) is 29.0 Å². The first kappa shape index (κ1) is 35.3. The predicted molar refractivity (Wildman–Crippen MR) is 175 cm³/mol. The van der Waals surface area contributed by atoms with E-state index in [4.69, 9.17) is 4.74 Å². The molecule has 0 atom stereocenters. The van der Waals surface area contributed by atoms with Crippen molar-refractivity contribution in [2.45, 2.75) is 122 Å². The van der Waals surface area contributed by atoms with Gasteiger partial charge in [0.25, 0.3) is 0 Å². The van der Waals surface area contributed by atoms with Gasteiger partial charge in [-0.3, -0.25) is 5.41 Å². The number of hydrogen-bond acceptors (Lipinski definition) is 3. The van der Waals surface area contributed by atoms with Crippen molar-refractivity contribution in [3.05, 3.63) is 68.6 Å². The molecule has 3 nitrogen and oxygen atoms in total. The molecule has 0 spiro atoms. The summed E-state index contributed by atoms with van der Waals surface area (Å²) >= 11 is 0. The Morgan fingerprint density at radius 1 is 0.975 bits per heavy atom. The second kappa shape index (κ2) is 15.9. The highest BCUT2D eigenvalue weighted by Crippen LogP contribution is 2.45. The average molecular weight is 551 g/mol. The molecule has 1 aliphatic carbocycles. The van der Waals surface area contributed by atoms with Crippen molar-refractivity contribution < 1.29 is 9.13 Å². The maximum atomic E-state index is 16.5. The monoisotopic (exact) mass is 550 g/mol. The lowest BCUT2D eigenvalue weighted by molar-refractivity contribution is 0.233. The van der Waals surface area contributed by atoms with Crippen molar-refractivity contribution in [3.63, 3.8) is 0 Å². The van der Waals surface area contributed by atoms with E-state index in [0.29, 0.717) is 36.5 Å². The van der Waals surface area contributed by atoms with Crippen LogP contribution in [0.15, 0.2) is 45.5 Å². The molecule has 0 amide bonds. The molecule has 40 heavy (non-hydrogen) atoms. The summed E-state index contributed by atoms with van der Waals surface area (Å²) in [5, 5.41) is 9.38. The molecule has 0 radical (unpaired) electrons. The molecule has 1 saturated carbocycles. The van der Waals surface area contributed by atoms with Crippen LogP contribution in [0.4, 0.5) is 10.1 Å². The van der Waals surface area contributed by atoms with Crippen LogP contribution in [-0.2, 0) is 17.6 Å². The number of rotatable bonds is 11.